The molecule has 3 heterocycles. The number of methoxy groups -OCH3 is 1. The summed E-state index contributed by atoms with van der Waals surface area (Å²) in [4.78, 5) is 13.1. The number of hydrogen-bond donors (Lipinski definition) is 1. The zero-order valence-electron chi connectivity index (χ0n) is 12.1. The maximum absolute atomic E-state index is 5.32. The molecule has 0 saturated heterocycles. The number of aromatic nitrogens is 4. The molecule has 0 spiro atoms. The summed E-state index contributed by atoms with van der Waals surface area (Å²) in [6.45, 7) is 3.73. The fraction of sp³-hybridized carbons (Fsp3) is 0.267. The van der Waals surface area contributed by atoms with Gasteiger partial charge in [0.05, 0.1) is 18.5 Å². The van der Waals surface area contributed by atoms with Gasteiger partial charge in [-0.05, 0) is 18.7 Å². The number of imidazole rings is 1. The molecule has 6 heteroatoms. The highest BCUT2D eigenvalue weighted by Crippen LogP contribution is 2.23. The van der Waals surface area contributed by atoms with Crippen LogP contribution in [0.2, 0.25) is 0 Å². The van der Waals surface area contributed by atoms with Crippen LogP contribution in [-0.2, 0) is 6.54 Å². The lowest BCUT2D eigenvalue weighted by atomic mass is 10.1. The first-order valence-electron chi connectivity index (χ1n) is 6.85. The molecule has 0 fully saturated rings. The molecular formula is C15H17N5O. The van der Waals surface area contributed by atoms with Crippen LogP contribution in [0.1, 0.15) is 12.6 Å². The fourth-order valence-corrected chi connectivity index (χ4v) is 2.17. The van der Waals surface area contributed by atoms with Crippen LogP contribution in [-0.4, -0.2) is 33.0 Å². The number of ether oxygens (including phenoxy) is 1. The largest absolute Gasteiger partial charge is 0.478 e. The molecule has 1 N–H and O–H groups in total. The smallest absolute Gasteiger partial charge is 0.258 e. The van der Waals surface area contributed by atoms with Crippen LogP contribution < -0.4 is 10.1 Å². The second-order valence-electron chi connectivity index (χ2n) is 4.61. The summed E-state index contributed by atoms with van der Waals surface area (Å²) in [7, 11) is 1.60. The molecule has 0 radical (unpaired) electrons. The summed E-state index contributed by atoms with van der Waals surface area (Å²) in [6.07, 6.45) is 7.35. The third-order valence-electron chi connectivity index (χ3n) is 3.21. The molecule has 0 aliphatic heterocycles. The minimum Gasteiger partial charge on any atom is -0.478 e. The second kappa shape index (κ2) is 5.88. The highest BCUT2D eigenvalue weighted by molar-refractivity contribution is 5.62. The van der Waals surface area contributed by atoms with E-state index in [-0.39, 0.29) is 0 Å². The molecule has 0 aliphatic rings. The Balaban J connectivity index is 2.03. The van der Waals surface area contributed by atoms with Gasteiger partial charge in [0.2, 0.25) is 0 Å². The van der Waals surface area contributed by atoms with Crippen molar-refractivity contribution in [1.82, 2.24) is 24.7 Å². The summed E-state index contributed by atoms with van der Waals surface area (Å²) >= 11 is 0. The molecule has 108 valence electrons. The van der Waals surface area contributed by atoms with Gasteiger partial charge in [-0.3, -0.25) is 4.98 Å². The van der Waals surface area contributed by atoms with Crippen LogP contribution in [0.4, 0.5) is 0 Å². The van der Waals surface area contributed by atoms with Gasteiger partial charge in [0, 0.05) is 36.9 Å². The first kappa shape index (κ1) is 13.5. The van der Waals surface area contributed by atoms with Crippen molar-refractivity contribution in [2.24, 2.45) is 0 Å². The number of rotatable bonds is 5. The van der Waals surface area contributed by atoms with E-state index < -0.39 is 0 Å². The van der Waals surface area contributed by atoms with Crippen LogP contribution in [0.25, 0.3) is 16.9 Å². The third-order valence-corrected chi connectivity index (χ3v) is 3.21. The quantitative estimate of drug-likeness (QED) is 0.775. The van der Waals surface area contributed by atoms with Crippen LogP contribution in [0.5, 0.6) is 5.88 Å². The lowest BCUT2D eigenvalue weighted by molar-refractivity contribution is 0.400. The number of pyridine rings is 1. The van der Waals surface area contributed by atoms with E-state index in [4.69, 9.17) is 4.74 Å². The molecule has 3 aromatic heterocycles. The predicted octanol–water partition coefficient (Wildman–Crippen LogP) is 1.91. The van der Waals surface area contributed by atoms with E-state index in [0.717, 1.165) is 30.0 Å². The first-order chi connectivity index (χ1) is 10.3. The van der Waals surface area contributed by atoms with Gasteiger partial charge in [0.25, 0.3) is 5.88 Å². The summed E-state index contributed by atoms with van der Waals surface area (Å²) in [5, 5.41) is 3.27. The molecule has 3 aromatic rings. The Bertz CT molecular complexity index is 753. The molecule has 0 saturated carbocycles. The Kier molecular flexibility index (Phi) is 3.79. The molecule has 3 rings (SSSR count). The summed E-state index contributed by atoms with van der Waals surface area (Å²) in [5.41, 5.74) is 3.54. The van der Waals surface area contributed by atoms with Crippen molar-refractivity contribution >= 4 is 5.65 Å². The summed E-state index contributed by atoms with van der Waals surface area (Å²) < 4.78 is 7.23. The van der Waals surface area contributed by atoms with E-state index in [1.165, 1.54) is 0 Å². The molecule has 0 unspecified atom stereocenters. The minimum absolute atomic E-state index is 0.516. The van der Waals surface area contributed by atoms with Gasteiger partial charge in [-0.1, -0.05) is 6.92 Å². The molecule has 6 nitrogen and oxygen atoms in total. The average molecular weight is 283 g/mol. The van der Waals surface area contributed by atoms with Crippen LogP contribution >= 0.6 is 0 Å². The van der Waals surface area contributed by atoms with Crippen molar-refractivity contribution in [1.29, 1.82) is 0 Å². The van der Waals surface area contributed by atoms with Crippen molar-refractivity contribution in [3.8, 4) is 17.1 Å². The van der Waals surface area contributed by atoms with Gasteiger partial charge >= 0.3 is 0 Å². The van der Waals surface area contributed by atoms with Gasteiger partial charge in [0.15, 0.2) is 5.65 Å². The molecule has 0 amide bonds. The molecule has 0 aliphatic carbocycles. The topological polar surface area (TPSA) is 64.3 Å². The maximum atomic E-state index is 5.32. The SMILES string of the molecule is CCNCc1cc(-c2cn3ccnc3c(OC)n2)ccn1. The van der Waals surface area contributed by atoms with Gasteiger partial charge in [-0.15, -0.1) is 0 Å². The van der Waals surface area contributed by atoms with Crippen molar-refractivity contribution in [3.63, 3.8) is 0 Å². The zero-order valence-corrected chi connectivity index (χ0v) is 12.1. The van der Waals surface area contributed by atoms with Crippen molar-refractivity contribution < 1.29 is 4.74 Å². The van der Waals surface area contributed by atoms with Crippen LogP contribution in [0.3, 0.4) is 0 Å². The number of nitrogens with zero attached hydrogens (tertiary/aromatic N) is 4. The molecule has 21 heavy (non-hydrogen) atoms. The van der Waals surface area contributed by atoms with Gasteiger partial charge in [-0.25, -0.2) is 9.97 Å². The van der Waals surface area contributed by atoms with Gasteiger partial charge in [0.1, 0.15) is 0 Å². The normalized spacial score (nSPS) is 11.0. The summed E-state index contributed by atoms with van der Waals surface area (Å²) in [5.74, 6) is 0.516. The van der Waals surface area contributed by atoms with Crippen LogP contribution in [0.15, 0.2) is 36.9 Å². The Morgan fingerprint density at radius 3 is 3.00 bits per heavy atom. The Morgan fingerprint density at radius 2 is 2.19 bits per heavy atom. The van der Waals surface area contributed by atoms with E-state index in [0.29, 0.717) is 11.5 Å². The predicted molar refractivity (Wildman–Crippen MR) is 80.2 cm³/mol. The van der Waals surface area contributed by atoms with Gasteiger partial charge < -0.3 is 14.5 Å². The lowest BCUT2D eigenvalue weighted by Crippen LogP contribution is -2.12. The third kappa shape index (κ3) is 2.71. The minimum atomic E-state index is 0.516. The standard InChI is InChI=1S/C15H17N5O/c1-3-16-9-12-8-11(4-5-17-12)13-10-20-7-6-18-14(20)15(19-13)21-2/h4-8,10,16H,3,9H2,1-2H3. The fourth-order valence-electron chi connectivity index (χ4n) is 2.17. The molecule has 0 bridgehead atoms. The zero-order chi connectivity index (χ0) is 14.7. The highest BCUT2D eigenvalue weighted by Gasteiger charge is 2.09. The van der Waals surface area contributed by atoms with Gasteiger partial charge in [-0.2, -0.15) is 0 Å². The summed E-state index contributed by atoms with van der Waals surface area (Å²) in [6, 6.07) is 3.98. The molecule has 0 aromatic carbocycles. The second-order valence-corrected chi connectivity index (χ2v) is 4.61. The lowest BCUT2D eigenvalue weighted by Gasteiger charge is -2.08. The van der Waals surface area contributed by atoms with Crippen molar-refractivity contribution in [3.05, 3.63) is 42.6 Å². The monoisotopic (exact) mass is 283 g/mol. The number of fused-ring (bicyclic) bond motifs is 1. The Morgan fingerprint density at radius 1 is 1.29 bits per heavy atom. The highest BCUT2D eigenvalue weighted by atomic mass is 16.5. The van der Waals surface area contributed by atoms with E-state index in [9.17, 15) is 0 Å². The molecule has 0 atom stereocenters. The Labute approximate surface area is 122 Å². The van der Waals surface area contributed by atoms with Crippen molar-refractivity contribution in [2.45, 2.75) is 13.5 Å². The van der Waals surface area contributed by atoms with E-state index in [1.54, 1.807) is 19.5 Å². The maximum Gasteiger partial charge on any atom is 0.258 e. The number of hydrogen-bond acceptors (Lipinski definition) is 5. The van der Waals surface area contributed by atoms with E-state index >= 15 is 0 Å². The Hall–Kier alpha value is -2.47. The average Bonchev–Trinajstić information content (AvgIpc) is 3.00. The van der Waals surface area contributed by atoms with Crippen LogP contribution in [0, 0.1) is 0 Å². The first-order valence-corrected chi connectivity index (χ1v) is 6.85. The molecular weight excluding hydrogens is 266 g/mol. The number of nitrogens with one attached hydrogen (secondary N) is 1. The van der Waals surface area contributed by atoms with Crippen molar-refractivity contribution in [2.75, 3.05) is 13.7 Å². The van der Waals surface area contributed by atoms with E-state index in [2.05, 4.69) is 27.2 Å². The van der Waals surface area contributed by atoms with E-state index in [1.807, 2.05) is 28.9 Å².